The van der Waals surface area contributed by atoms with Gasteiger partial charge < -0.3 is 15.4 Å². The lowest BCUT2D eigenvalue weighted by atomic mass is 10.2. The zero-order valence-electron chi connectivity index (χ0n) is 15.4. The summed E-state index contributed by atoms with van der Waals surface area (Å²) >= 11 is 0. The first-order valence-corrected chi connectivity index (χ1v) is 8.67. The predicted molar refractivity (Wildman–Crippen MR) is 110 cm³/mol. The molecule has 4 rings (SSSR count). The van der Waals surface area contributed by atoms with Gasteiger partial charge in [-0.05, 0) is 36.4 Å². The first kappa shape index (κ1) is 18.1. The number of benzene rings is 2. The van der Waals surface area contributed by atoms with Crippen LogP contribution in [0.3, 0.4) is 0 Å². The molecular formula is C20H16N6O3. The average molecular weight is 388 g/mol. The van der Waals surface area contributed by atoms with Crippen molar-refractivity contribution in [3.05, 3.63) is 77.2 Å². The molecule has 4 aromatic rings. The Morgan fingerprint density at radius 3 is 2.55 bits per heavy atom. The lowest BCUT2D eigenvalue weighted by Crippen LogP contribution is -2.05. The third kappa shape index (κ3) is 3.74. The fourth-order valence-electron chi connectivity index (χ4n) is 2.91. The second kappa shape index (κ2) is 7.77. The minimum absolute atomic E-state index is 0.0686. The molecule has 9 heteroatoms. The van der Waals surface area contributed by atoms with Crippen LogP contribution in [0.4, 0.5) is 28.7 Å². The van der Waals surface area contributed by atoms with Gasteiger partial charge in [-0.3, -0.25) is 15.1 Å². The maximum atomic E-state index is 11.8. The summed E-state index contributed by atoms with van der Waals surface area (Å²) in [6, 6.07) is 16.2. The van der Waals surface area contributed by atoms with E-state index in [4.69, 9.17) is 4.74 Å². The van der Waals surface area contributed by atoms with Gasteiger partial charge in [0.15, 0.2) is 0 Å². The minimum atomic E-state index is -0.520. The normalized spacial score (nSPS) is 10.5. The van der Waals surface area contributed by atoms with Gasteiger partial charge in [0.2, 0.25) is 11.6 Å². The molecule has 0 aliphatic rings. The van der Waals surface area contributed by atoms with E-state index < -0.39 is 4.92 Å². The number of methoxy groups -OCH3 is 1. The van der Waals surface area contributed by atoms with Crippen molar-refractivity contribution in [1.29, 1.82) is 0 Å². The second-order valence-electron chi connectivity index (χ2n) is 6.03. The molecule has 29 heavy (non-hydrogen) atoms. The number of anilines is 4. The smallest absolute Gasteiger partial charge is 0.353 e. The third-order valence-corrected chi connectivity index (χ3v) is 4.24. The van der Waals surface area contributed by atoms with Gasteiger partial charge in [-0.1, -0.05) is 12.1 Å². The topological polar surface area (TPSA) is 115 Å². The molecule has 0 saturated carbocycles. The Hall–Kier alpha value is -4.27. The number of hydrogen-bond donors (Lipinski definition) is 2. The highest BCUT2D eigenvalue weighted by atomic mass is 16.6. The van der Waals surface area contributed by atoms with Crippen LogP contribution in [0.1, 0.15) is 0 Å². The van der Waals surface area contributed by atoms with Crippen molar-refractivity contribution < 1.29 is 9.66 Å². The molecule has 0 fully saturated rings. The molecule has 0 saturated heterocycles. The van der Waals surface area contributed by atoms with Gasteiger partial charge in [0.1, 0.15) is 12.1 Å². The second-order valence-corrected chi connectivity index (χ2v) is 6.03. The van der Waals surface area contributed by atoms with Crippen molar-refractivity contribution in [2.75, 3.05) is 17.7 Å². The number of aromatic nitrogens is 3. The van der Waals surface area contributed by atoms with E-state index in [1.54, 1.807) is 43.6 Å². The molecule has 2 aromatic carbocycles. The van der Waals surface area contributed by atoms with Crippen LogP contribution < -0.4 is 15.4 Å². The minimum Gasteiger partial charge on any atom is -0.497 e. The maximum absolute atomic E-state index is 11.8. The molecular weight excluding hydrogens is 372 g/mol. The van der Waals surface area contributed by atoms with Crippen LogP contribution in [0.25, 0.3) is 10.9 Å². The molecule has 0 atom stereocenters. The molecule has 0 aliphatic heterocycles. The number of pyridine rings is 1. The highest BCUT2D eigenvalue weighted by Gasteiger charge is 2.24. The molecule has 0 aliphatic carbocycles. The van der Waals surface area contributed by atoms with Crippen LogP contribution in [0.15, 0.2) is 67.1 Å². The number of nitro groups is 1. The van der Waals surface area contributed by atoms with Crippen molar-refractivity contribution in [1.82, 2.24) is 15.0 Å². The number of rotatable bonds is 6. The Bertz CT molecular complexity index is 1190. The highest BCUT2D eigenvalue weighted by Crippen LogP contribution is 2.34. The van der Waals surface area contributed by atoms with Crippen LogP contribution in [0, 0.1) is 10.1 Å². The van der Waals surface area contributed by atoms with Gasteiger partial charge in [0, 0.05) is 29.0 Å². The third-order valence-electron chi connectivity index (χ3n) is 4.24. The zero-order valence-corrected chi connectivity index (χ0v) is 15.4. The summed E-state index contributed by atoms with van der Waals surface area (Å²) in [5, 5.41) is 18.7. The van der Waals surface area contributed by atoms with Crippen molar-refractivity contribution in [3.8, 4) is 5.75 Å². The monoisotopic (exact) mass is 388 g/mol. The summed E-state index contributed by atoms with van der Waals surface area (Å²) in [6.45, 7) is 0. The van der Waals surface area contributed by atoms with E-state index in [2.05, 4.69) is 25.6 Å². The highest BCUT2D eigenvalue weighted by molar-refractivity contribution is 5.93. The van der Waals surface area contributed by atoms with Gasteiger partial charge >= 0.3 is 5.69 Å². The van der Waals surface area contributed by atoms with Crippen LogP contribution in [0.2, 0.25) is 0 Å². The van der Waals surface area contributed by atoms with Gasteiger partial charge in [-0.15, -0.1) is 0 Å². The van der Waals surface area contributed by atoms with Crippen molar-refractivity contribution >= 4 is 39.6 Å². The molecule has 0 radical (unpaired) electrons. The van der Waals surface area contributed by atoms with E-state index in [0.717, 1.165) is 10.9 Å². The quantitative estimate of drug-likeness (QED) is 0.368. The first-order chi connectivity index (χ1) is 14.2. The molecule has 0 amide bonds. The van der Waals surface area contributed by atoms with Crippen LogP contribution >= 0.6 is 0 Å². The first-order valence-electron chi connectivity index (χ1n) is 8.67. The standard InChI is InChI=1S/C20H16N6O3/c1-29-14-6-2-5-13(11-14)24-19-18(26(27)28)20(23-12-22-19)25-17-9-3-8-16-15(17)7-4-10-21-16/h2-12H,1H3,(H2,22,23,24,25). The van der Waals surface area contributed by atoms with E-state index in [1.807, 2.05) is 24.3 Å². The van der Waals surface area contributed by atoms with Gasteiger partial charge in [0.25, 0.3) is 0 Å². The van der Waals surface area contributed by atoms with Crippen molar-refractivity contribution in [2.24, 2.45) is 0 Å². The van der Waals surface area contributed by atoms with Gasteiger partial charge in [-0.2, -0.15) is 0 Å². The van der Waals surface area contributed by atoms with E-state index >= 15 is 0 Å². The maximum Gasteiger partial charge on any atom is 0.353 e. The summed E-state index contributed by atoms with van der Waals surface area (Å²) in [7, 11) is 1.55. The molecule has 144 valence electrons. The summed E-state index contributed by atoms with van der Waals surface area (Å²) < 4.78 is 5.19. The fraction of sp³-hybridized carbons (Fsp3) is 0.0500. The number of hydrogen-bond acceptors (Lipinski definition) is 8. The van der Waals surface area contributed by atoms with E-state index in [0.29, 0.717) is 17.1 Å². The molecule has 2 heterocycles. The van der Waals surface area contributed by atoms with E-state index in [-0.39, 0.29) is 17.3 Å². The van der Waals surface area contributed by atoms with E-state index in [1.165, 1.54) is 6.33 Å². The Balaban J connectivity index is 1.74. The van der Waals surface area contributed by atoms with Crippen LogP contribution in [0.5, 0.6) is 5.75 Å². The zero-order chi connectivity index (χ0) is 20.2. The lowest BCUT2D eigenvalue weighted by Gasteiger charge is -2.12. The Kier molecular flexibility index (Phi) is 4.85. The van der Waals surface area contributed by atoms with Crippen molar-refractivity contribution in [2.45, 2.75) is 0 Å². The number of nitrogens with one attached hydrogen (secondary N) is 2. The Morgan fingerprint density at radius 1 is 0.966 bits per heavy atom. The van der Waals surface area contributed by atoms with Gasteiger partial charge in [-0.25, -0.2) is 9.97 Å². The number of nitrogens with zero attached hydrogens (tertiary/aromatic N) is 4. The van der Waals surface area contributed by atoms with Crippen LogP contribution in [-0.2, 0) is 0 Å². The predicted octanol–water partition coefficient (Wildman–Crippen LogP) is 4.43. The molecule has 0 spiro atoms. The van der Waals surface area contributed by atoms with Crippen LogP contribution in [-0.4, -0.2) is 27.0 Å². The van der Waals surface area contributed by atoms with Gasteiger partial charge in [0.05, 0.1) is 17.5 Å². The Morgan fingerprint density at radius 2 is 1.76 bits per heavy atom. The summed E-state index contributed by atoms with van der Waals surface area (Å²) in [5.41, 5.74) is 1.76. The summed E-state index contributed by atoms with van der Waals surface area (Å²) in [5.74, 6) is 0.763. The van der Waals surface area contributed by atoms with E-state index in [9.17, 15) is 10.1 Å². The molecule has 0 unspecified atom stereocenters. The largest absolute Gasteiger partial charge is 0.497 e. The van der Waals surface area contributed by atoms with Crippen molar-refractivity contribution in [3.63, 3.8) is 0 Å². The molecule has 2 aromatic heterocycles. The summed E-state index contributed by atoms with van der Waals surface area (Å²) in [6.07, 6.45) is 2.95. The molecule has 2 N–H and O–H groups in total. The number of fused-ring (bicyclic) bond motifs is 1. The lowest BCUT2D eigenvalue weighted by molar-refractivity contribution is -0.383. The summed E-state index contributed by atoms with van der Waals surface area (Å²) in [4.78, 5) is 23.7. The average Bonchev–Trinajstić information content (AvgIpc) is 2.74. The molecule has 9 nitrogen and oxygen atoms in total. The molecule has 0 bridgehead atoms. The number of ether oxygens (including phenoxy) is 1. The Labute approximate surface area is 165 Å². The SMILES string of the molecule is COc1cccc(Nc2ncnc(Nc3cccc4ncccc34)c2[N+](=O)[O-])c1. The fourth-order valence-corrected chi connectivity index (χ4v) is 2.91.